The zero-order chi connectivity index (χ0) is 22.7. The number of Topliss-reactive ketones (excluding diaryl/α,β-unsaturated/α-hetero) is 1. The summed E-state index contributed by atoms with van der Waals surface area (Å²) >= 11 is 0. The van der Waals surface area contributed by atoms with Gasteiger partial charge < -0.3 is 19.6 Å². The summed E-state index contributed by atoms with van der Waals surface area (Å²) in [6.07, 6.45) is 0. The molecule has 1 atom stereocenters. The van der Waals surface area contributed by atoms with Gasteiger partial charge in [-0.15, -0.1) is 0 Å². The molecule has 6 nitrogen and oxygen atoms in total. The van der Waals surface area contributed by atoms with Crippen LogP contribution in [-0.2, 0) is 9.59 Å². The number of likely N-dealkylation sites (N-methyl/N-ethyl adjacent to an activating group) is 1. The second-order valence-electron chi connectivity index (χ2n) is 8.10. The summed E-state index contributed by atoms with van der Waals surface area (Å²) in [6, 6.07) is 12.2. The molecule has 1 unspecified atom stereocenters. The molecule has 2 aromatic carbocycles. The molecule has 0 aromatic heterocycles. The Morgan fingerprint density at radius 1 is 1.06 bits per heavy atom. The van der Waals surface area contributed by atoms with Crippen LogP contribution < -0.4 is 4.74 Å². The highest BCUT2D eigenvalue weighted by molar-refractivity contribution is 6.46. The molecule has 1 fully saturated rings. The number of aliphatic hydroxyl groups is 1. The van der Waals surface area contributed by atoms with Crippen LogP contribution in [0.1, 0.15) is 35.2 Å². The van der Waals surface area contributed by atoms with Gasteiger partial charge in [-0.3, -0.25) is 9.59 Å². The van der Waals surface area contributed by atoms with E-state index < -0.39 is 17.7 Å². The van der Waals surface area contributed by atoms with E-state index in [1.807, 2.05) is 76.2 Å². The topological polar surface area (TPSA) is 70.1 Å². The van der Waals surface area contributed by atoms with Gasteiger partial charge in [0.05, 0.1) is 18.2 Å². The van der Waals surface area contributed by atoms with Crippen molar-refractivity contribution < 1.29 is 19.4 Å². The highest BCUT2D eigenvalue weighted by Gasteiger charge is 2.45. The summed E-state index contributed by atoms with van der Waals surface area (Å²) in [5.41, 5.74) is 3.50. The van der Waals surface area contributed by atoms with Crippen LogP contribution in [0.4, 0.5) is 0 Å². The number of rotatable bonds is 7. The van der Waals surface area contributed by atoms with Gasteiger partial charge in [-0.25, -0.2) is 0 Å². The number of ketones is 1. The fraction of sp³-hybridized carbons (Fsp3) is 0.360. The van der Waals surface area contributed by atoms with Gasteiger partial charge in [0, 0.05) is 18.7 Å². The van der Waals surface area contributed by atoms with Gasteiger partial charge >= 0.3 is 0 Å². The lowest BCUT2D eigenvalue weighted by molar-refractivity contribution is -0.140. The van der Waals surface area contributed by atoms with E-state index in [2.05, 4.69) is 0 Å². The average molecular weight is 423 g/mol. The number of hydrogen-bond donors (Lipinski definition) is 1. The van der Waals surface area contributed by atoms with Crippen molar-refractivity contribution in [1.29, 1.82) is 0 Å². The number of aliphatic hydroxyl groups excluding tert-OH is 1. The predicted molar refractivity (Wildman–Crippen MR) is 121 cm³/mol. The van der Waals surface area contributed by atoms with E-state index in [0.29, 0.717) is 31.0 Å². The van der Waals surface area contributed by atoms with Crippen molar-refractivity contribution >= 4 is 17.4 Å². The first-order valence-corrected chi connectivity index (χ1v) is 10.5. The van der Waals surface area contributed by atoms with Crippen molar-refractivity contribution in [2.45, 2.75) is 26.8 Å². The van der Waals surface area contributed by atoms with Crippen LogP contribution in [0.2, 0.25) is 0 Å². The highest BCUT2D eigenvalue weighted by atomic mass is 16.5. The summed E-state index contributed by atoms with van der Waals surface area (Å²) in [5, 5.41) is 11.1. The molecule has 6 heteroatoms. The lowest BCUT2D eigenvalue weighted by Gasteiger charge is -2.26. The van der Waals surface area contributed by atoms with Crippen LogP contribution in [0.25, 0.3) is 5.76 Å². The van der Waals surface area contributed by atoms with Gasteiger partial charge in [0.15, 0.2) is 0 Å². The van der Waals surface area contributed by atoms with Gasteiger partial charge in [-0.2, -0.15) is 0 Å². The maximum Gasteiger partial charge on any atom is 0.295 e. The molecule has 0 radical (unpaired) electrons. The van der Waals surface area contributed by atoms with E-state index in [-0.39, 0.29) is 11.3 Å². The predicted octanol–water partition coefficient (Wildman–Crippen LogP) is 3.69. The first kappa shape index (κ1) is 22.6. The van der Waals surface area contributed by atoms with Gasteiger partial charge in [-0.1, -0.05) is 24.3 Å². The molecular formula is C25H30N2O4. The van der Waals surface area contributed by atoms with Crippen LogP contribution in [0, 0.1) is 13.8 Å². The van der Waals surface area contributed by atoms with Crippen LogP contribution in [0.15, 0.2) is 48.0 Å². The third-order valence-corrected chi connectivity index (χ3v) is 5.62. The molecule has 31 heavy (non-hydrogen) atoms. The van der Waals surface area contributed by atoms with Crippen LogP contribution in [0.3, 0.4) is 0 Å². The molecule has 1 aliphatic heterocycles. The van der Waals surface area contributed by atoms with Crippen molar-refractivity contribution in [3.8, 4) is 5.75 Å². The standard InChI is InChI=1S/C25H30N2O4/c1-6-31-20-11-9-18(10-12-20)22-21(23(28)19-8-7-16(2)17(3)15-19)24(29)25(30)27(22)14-13-26(4)5/h7-12,15,22,28H,6,13-14H2,1-5H3/b23-21-. The molecule has 1 saturated heterocycles. The normalized spacial score (nSPS) is 18.1. The molecule has 0 bridgehead atoms. The Labute approximate surface area is 183 Å². The summed E-state index contributed by atoms with van der Waals surface area (Å²) in [7, 11) is 3.83. The number of benzene rings is 2. The van der Waals surface area contributed by atoms with Gasteiger partial charge in [-0.05, 0) is 69.8 Å². The fourth-order valence-corrected chi connectivity index (χ4v) is 3.72. The largest absolute Gasteiger partial charge is 0.507 e. The van der Waals surface area contributed by atoms with Crippen molar-refractivity contribution in [3.63, 3.8) is 0 Å². The minimum atomic E-state index is -0.659. The number of carbonyl (C=O) groups is 2. The maximum atomic E-state index is 13.0. The monoisotopic (exact) mass is 422 g/mol. The van der Waals surface area contributed by atoms with E-state index in [1.165, 1.54) is 0 Å². The first-order valence-electron chi connectivity index (χ1n) is 10.5. The van der Waals surface area contributed by atoms with Crippen molar-refractivity contribution in [2.75, 3.05) is 33.8 Å². The van der Waals surface area contributed by atoms with Gasteiger partial charge in [0.2, 0.25) is 0 Å². The Hall–Kier alpha value is -3.12. The smallest absolute Gasteiger partial charge is 0.295 e. The van der Waals surface area contributed by atoms with E-state index in [1.54, 1.807) is 11.0 Å². The Bertz CT molecular complexity index is 1010. The Kier molecular flexibility index (Phi) is 6.81. The zero-order valence-corrected chi connectivity index (χ0v) is 18.8. The van der Waals surface area contributed by atoms with Crippen molar-refractivity contribution in [1.82, 2.24) is 9.80 Å². The third-order valence-electron chi connectivity index (χ3n) is 5.62. The molecule has 0 saturated carbocycles. The molecule has 0 spiro atoms. The molecule has 1 amide bonds. The van der Waals surface area contributed by atoms with E-state index >= 15 is 0 Å². The minimum absolute atomic E-state index is 0.121. The lowest BCUT2D eigenvalue weighted by atomic mass is 9.94. The summed E-state index contributed by atoms with van der Waals surface area (Å²) in [5.74, 6) is -0.683. The van der Waals surface area contributed by atoms with Crippen LogP contribution in [-0.4, -0.2) is 60.4 Å². The lowest BCUT2D eigenvalue weighted by Crippen LogP contribution is -2.35. The highest BCUT2D eigenvalue weighted by Crippen LogP contribution is 2.39. The number of hydrogen-bond acceptors (Lipinski definition) is 5. The van der Waals surface area contributed by atoms with E-state index in [4.69, 9.17) is 4.74 Å². The fourth-order valence-electron chi connectivity index (χ4n) is 3.72. The molecule has 0 aliphatic carbocycles. The SMILES string of the molecule is CCOc1ccc(C2/C(=C(/O)c3ccc(C)c(C)c3)C(=O)C(=O)N2CCN(C)C)cc1. The number of aryl methyl sites for hydroxylation is 2. The number of carbonyl (C=O) groups excluding carboxylic acids is 2. The number of ether oxygens (including phenoxy) is 1. The summed E-state index contributed by atoms with van der Waals surface area (Å²) in [6.45, 7) is 7.37. The number of nitrogens with zero attached hydrogens (tertiary/aromatic N) is 2. The van der Waals surface area contributed by atoms with E-state index in [0.717, 1.165) is 16.7 Å². The average Bonchev–Trinajstić information content (AvgIpc) is 2.99. The summed E-state index contributed by atoms with van der Waals surface area (Å²) in [4.78, 5) is 29.5. The van der Waals surface area contributed by atoms with Crippen molar-refractivity contribution in [3.05, 3.63) is 70.3 Å². The molecule has 1 aliphatic rings. The number of likely N-dealkylation sites (tertiary alicyclic amines) is 1. The van der Waals surface area contributed by atoms with Crippen LogP contribution >= 0.6 is 0 Å². The van der Waals surface area contributed by atoms with Crippen molar-refractivity contribution in [2.24, 2.45) is 0 Å². The Morgan fingerprint density at radius 3 is 2.32 bits per heavy atom. The molecule has 1 N–H and O–H groups in total. The quantitative estimate of drug-likeness (QED) is 0.419. The second kappa shape index (κ2) is 9.35. The molecule has 2 aromatic rings. The number of amides is 1. The zero-order valence-electron chi connectivity index (χ0n) is 18.8. The molecule has 3 rings (SSSR count). The summed E-state index contributed by atoms with van der Waals surface area (Å²) < 4.78 is 5.52. The second-order valence-corrected chi connectivity index (χ2v) is 8.10. The van der Waals surface area contributed by atoms with Gasteiger partial charge in [0.25, 0.3) is 11.7 Å². The van der Waals surface area contributed by atoms with E-state index in [9.17, 15) is 14.7 Å². The molecule has 1 heterocycles. The Balaban J connectivity index is 2.12. The molecule has 164 valence electrons. The third kappa shape index (κ3) is 4.64. The van der Waals surface area contributed by atoms with Crippen LogP contribution in [0.5, 0.6) is 5.75 Å². The maximum absolute atomic E-state index is 13.0. The Morgan fingerprint density at radius 2 is 1.74 bits per heavy atom. The molecular weight excluding hydrogens is 392 g/mol. The van der Waals surface area contributed by atoms with Gasteiger partial charge in [0.1, 0.15) is 11.5 Å². The first-order chi connectivity index (χ1) is 14.7. The minimum Gasteiger partial charge on any atom is -0.507 e.